The normalized spacial score (nSPS) is 17.6. The molecular weight excluding hydrogens is 512 g/mol. The molecule has 0 spiro atoms. The molecule has 0 radical (unpaired) electrons. The van der Waals surface area contributed by atoms with Gasteiger partial charge in [0.05, 0.1) is 29.0 Å². The van der Waals surface area contributed by atoms with E-state index in [9.17, 15) is 10.1 Å². The van der Waals surface area contributed by atoms with Gasteiger partial charge in [0.1, 0.15) is 17.7 Å². The molecule has 1 saturated carbocycles. The van der Waals surface area contributed by atoms with Gasteiger partial charge in [0.25, 0.3) is 5.56 Å². The minimum absolute atomic E-state index is 0.163. The molecule has 1 aliphatic carbocycles. The van der Waals surface area contributed by atoms with Gasteiger partial charge in [-0.1, -0.05) is 13.0 Å². The van der Waals surface area contributed by atoms with Gasteiger partial charge in [-0.3, -0.25) is 14.8 Å². The van der Waals surface area contributed by atoms with E-state index in [0.29, 0.717) is 34.3 Å². The fourth-order valence-electron chi connectivity index (χ4n) is 6.07. The highest BCUT2D eigenvalue weighted by Gasteiger charge is 2.27. The number of benzene rings is 1. The molecule has 41 heavy (non-hydrogen) atoms. The van der Waals surface area contributed by atoms with Crippen molar-refractivity contribution >= 4 is 11.0 Å². The Hall–Kier alpha value is -4.55. The SMILES string of the molecule is Cc1cn[nH]c1-c1cc(C#N)ccc1-c1cc(C2CC2)nc(-n2cnc3cc(CN4CCC[C@H](C)C4)[nH]c3c2=O)c1. The second-order valence-corrected chi connectivity index (χ2v) is 11.7. The van der Waals surface area contributed by atoms with Crippen LogP contribution in [0.5, 0.6) is 0 Å². The molecule has 1 aliphatic heterocycles. The van der Waals surface area contributed by atoms with Crippen molar-refractivity contribution in [3.63, 3.8) is 0 Å². The van der Waals surface area contributed by atoms with Gasteiger partial charge >= 0.3 is 0 Å². The van der Waals surface area contributed by atoms with Crippen LogP contribution in [0.3, 0.4) is 0 Å². The first-order valence-electron chi connectivity index (χ1n) is 14.4. The fourth-order valence-corrected chi connectivity index (χ4v) is 6.07. The summed E-state index contributed by atoms with van der Waals surface area (Å²) < 4.78 is 1.55. The van der Waals surface area contributed by atoms with Gasteiger partial charge in [0, 0.05) is 36.0 Å². The zero-order chi connectivity index (χ0) is 28.1. The summed E-state index contributed by atoms with van der Waals surface area (Å²) in [6.07, 6.45) is 8.01. The van der Waals surface area contributed by atoms with Crippen molar-refractivity contribution in [1.82, 2.24) is 34.6 Å². The summed E-state index contributed by atoms with van der Waals surface area (Å²) in [6.45, 7) is 7.22. The molecule has 1 atom stereocenters. The summed E-state index contributed by atoms with van der Waals surface area (Å²) in [4.78, 5) is 29.2. The number of pyridine rings is 1. The molecular formula is C32H32N8O. The van der Waals surface area contributed by atoms with Crippen LogP contribution in [0.4, 0.5) is 0 Å². The number of likely N-dealkylation sites (tertiary alicyclic amines) is 1. The number of aromatic nitrogens is 6. The second kappa shape index (κ2) is 10.1. The molecule has 1 saturated heterocycles. The van der Waals surface area contributed by atoms with Gasteiger partial charge in [0.15, 0.2) is 0 Å². The van der Waals surface area contributed by atoms with E-state index in [1.54, 1.807) is 17.1 Å². The van der Waals surface area contributed by atoms with E-state index < -0.39 is 0 Å². The quantitative estimate of drug-likeness (QED) is 0.293. The van der Waals surface area contributed by atoms with Crippen LogP contribution < -0.4 is 5.56 Å². The minimum atomic E-state index is -0.163. The summed E-state index contributed by atoms with van der Waals surface area (Å²) >= 11 is 0. The molecule has 0 amide bonds. The molecule has 0 bridgehead atoms. The second-order valence-electron chi connectivity index (χ2n) is 11.7. The summed E-state index contributed by atoms with van der Waals surface area (Å²) in [5, 5.41) is 16.9. The highest BCUT2D eigenvalue weighted by Crippen LogP contribution is 2.42. The number of nitrogens with zero attached hydrogens (tertiary/aromatic N) is 6. The van der Waals surface area contributed by atoms with E-state index in [4.69, 9.17) is 4.98 Å². The lowest BCUT2D eigenvalue weighted by molar-refractivity contribution is 0.175. The number of aryl methyl sites for hydroxylation is 1. The molecule has 2 aliphatic rings. The van der Waals surface area contributed by atoms with E-state index in [2.05, 4.69) is 44.1 Å². The Morgan fingerprint density at radius 3 is 2.76 bits per heavy atom. The van der Waals surface area contributed by atoms with Crippen LogP contribution in [0.1, 0.15) is 61.0 Å². The number of H-pyrrole nitrogens is 2. The predicted octanol–water partition coefficient (Wildman–Crippen LogP) is 5.46. The van der Waals surface area contributed by atoms with Gasteiger partial charge < -0.3 is 4.98 Å². The van der Waals surface area contributed by atoms with Crippen LogP contribution in [0, 0.1) is 24.2 Å². The molecule has 7 rings (SSSR count). The maximum absolute atomic E-state index is 13.8. The number of hydrogen-bond acceptors (Lipinski definition) is 6. The Morgan fingerprint density at radius 2 is 2.00 bits per heavy atom. The summed E-state index contributed by atoms with van der Waals surface area (Å²) in [5.74, 6) is 1.61. The molecule has 2 N–H and O–H groups in total. The molecule has 1 aromatic carbocycles. The van der Waals surface area contributed by atoms with E-state index in [1.807, 2.05) is 37.3 Å². The number of nitrogens with one attached hydrogen (secondary N) is 2. The fraction of sp³-hybridized carbons (Fsp3) is 0.344. The lowest BCUT2D eigenvalue weighted by Crippen LogP contribution is -2.33. The van der Waals surface area contributed by atoms with Crippen molar-refractivity contribution < 1.29 is 0 Å². The average Bonchev–Trinajstić information content (AvgIpc) is 3.62. The zero-order valence-electron chi connectivity index (χ0n) is 23.3. The van der Waals surface area contributed by atoms with E-state index in [-0.39, 0.29) is 5.56 Å². The van der Waals surface area contributed by atoms with Gasteiger partial charge in [0.2, 0.25) is 0 Å². The largest absolute Gasteiger partial charge is 0.351 e. The van der Waals surface area contributed by atoms with E-state index in [1.165, 1.54) is 12.8 Å². The van der Waals surface area contributed by atoms with Crippen molar-refractivity contribution in [2.45, 2.75) is 52.0 Å². The van der Waals surface area contributed by atoms with Crippen molar-refractivity contribution in [2.24, 2.45) is 5.92 Å². The lowest BCUT2D eigenvalue weighted by atomic mass is 9.94. The molecule has 4 aromatic heterocycles. The number of nitriles is 1. The first kappa shape index (κ1) is 25.4. The standard InChI is InChI=1S/C32H32N8O/c1-19-4-3-9-39(16-19)17-24-13-28-31(36-24)32(41)40(18-34-28)29-12-23(11-27(37-29)22-6-7-22)25-8-5-21(14-33)10-26(25)30-20(2)15-35-38-30/h5,8,10-13,15,18-19,22,36H,3-4,6-7,9,16-17H2,1-2H3,(H,35,38)/t19-/m0/s1. The van der Waals surface area contributed by atoms with Gasteiger partial charge in [-0.2, -0.15) is 10.4 Å². The number of rotatable bonds is 6. The molecule has 5 aromatic rings. The first-order chi connectivity index (χ1) is 20.0. The van der Waals surface area contributed by atoms with Crippen LogP contribution in [0.25, 0.3) is 39.2 Å². The molecule has 5 heterocycles. The van der Waals surface area contributed by atoms with E-state index in [0.717, 1.165) is 71.8 Å². The smallest absolute Gasteiger partial charge is 0.283 e. The minimum Gasteiger partial charge on any atom is -0.351 e. The number of fused-ring (bicyclic) bond motifs is 1. The predicted molar refractivity (Wildman–Crippen MR) is 158 cm³/mol. The third-order valence-electron chi connectivity index (χ3n) is 8.36. The third-order valence-corrected chi connectivity index (χ3v) is 8.36. The van der Waals surface area contributed by atoms with Gasteiger partial charge in [-0.05, 0) is 92.1 Å². The third kappa shape index (κ3) is 4.85. The molecule has 206 valence electrons. The maximum atomic E-state index is 13.8. The molecule has 9 nitrogen and oxygen atoms in total. The Morgan fingerprint density at radius 1 is 1.12 bits per heavy atom. The highest BCUT2D eigenvalue weighted by molar-refractivity contribution is 5.84. The molecule has 9 heteroatoms. The monoisotopic (exact) mass is 544 g/mol. The van der Waals surface area contributed by atoms with Crippen molar-refractivity contribution in [2.75, 3.05) is 13.1 Å². The summed E-state index contributed by atoms with van der Waals surface area (Å²) in [7, 11) is 0. The maximum Gasteiger partial charge on any atom is 0.283 e. The molecule has 2 fully saturated rings. The van der Waals surface area contributed by atoms with Crippen molar-refractivity contribution in [3.8, 4) is 34.3 Å². The lowest BCUT2D eigenvalue weighted by Gasteiger charge is -2.30. The topological polar surface area (TPSA) is 119 Å². The average molecular weight is 545 g/mol. The zero-order valence-corrected chi connectivity index (χ0v) is 23.3. The van der Waals surface area contributed by atoms with Gasteiger partial charge in [-0.15, -0.1) is 0 Å². The number of piperidine rings is 1. The van der Waals surface area contributed by atoms with Crippen molar-refractivity contribution in [1.29, 1.82) is 5.26 Å². The first-order valence-corrected chi connectivity index (χ1v) is 14.4. The Bertz CT molecular complexity index is 1870. The summed E-state index contributed by atoms with van der Waals surface area (Å²) in [6, 6.07) is 14.0. The van der Waals surface area contributed by atoms with Crippen LogP contribution in [-0.2, 0) is 6.54 Å². The Kier molecular flexibility index (Phi) is 6.28. The van der Waals surface area contributed by atoms with Crippen LogP contribution in [0.15, 0.2) is 53.7 Å². The highest BCUT2D eigenvalue weighted by atomic mass is 16.1. The Labute approximate surface area is 237 Å². The number of hydrogen-bond donors (Lipinski definition) is 2. The Balaban J connectivity index is 1.32. The summed E-state index contributed by atoms with van der Waals surface area (Å²) in [5.41, 5.74) is 8.18. The van der Waals surface area contributed by atoms with Gasteiger partial charge in [-0.25, -0.2) is 14.5 Å². The van der Waals surface area contributed by atoms with Crippen LogP contribution in [-0.4, -0.2) is 47.7 Å². The van der Waals surface area contributed by atoms with Crippen LogP contribution >= 0.6 is 0 Å². The molecule has 0 unspecified atom stereocenters. The van der Waals surface area contributed by atoms with E-state index >= 15 is 0 Å². The van der Waals surface area contributed by atoms with Crippen LogP contribution in [0.2, 0.25) is 0 Å². The van der Waals surface area contributed by atoms with Crippen molar-refractivity contribution in [3.05, 3.63) is 81.8 Å². The number of aromatic amines is 2.